The van der Waals surface area contributed by atoms with Crippen molar-refractivity contribution in [2.45, 2.75) is 33.6 Å². The van der Waals surface area contributed by atoms with E-state index >= 15 is 0 Å². The second-order valence-corrected chi connectivity index (χ2v) is 4.57. The molecular formula is C18H20O2. The second-order valence-electron chi connectivity index (χ2n) is 4.57. The summed E-state index contributed by atoms with van der Waals surface area (Å²) >= 11 is 0. The number of allylic oxidation sites excluding steroid dienone is 4. The van der Waals surface area contributed by atoms with Gasteiger partial charge in [0.15, 0.2) is 0 Å². The van der Waals surface area contributed by atoms with Gasteiger partial charge >= 0.3 is 5.63 Å². The maximum atomic E-state index is 11.9. The maximum absolute atomic E-state index is 11.9. The van der Waals surface area contributed by atoms with Crippen molar-refractivity contribution in [3.05, 3.63) is 64.2 Å². The van der Waals surface area contributed by atoms with Crippen molar-refractivity contribution in [3.63, 3.8) is 0 Å². The summed E-state index contributed by atoms with van der Waals surface area (Å²) in [5, 5.41) is 1.57. The largest absolute Gasteiger partial charge is 0.422 e. The average molecular weight is 268 g/mol. The Hall–Kier alpha value is -2.09. The van der Waals surface area contributed by atoms with Crippen LogP contribution in [0.15, 0.2) is 57.3 Å². The van der Waals surface area contributed by atoms with Crippen LogP contribution in [0.3, 0.4) is 0 Å². The Morgan fingerprint density at radius 1 is 1.05 bits per heavy atom. The lowest BCUT2D eigenvalue weighted by molar-refractivity contribution is 0.506. The quantitative estimate of drug-likeness (QED) is 0.733. The lowest BCUT2D eigenvalue weighted by Gasteiger charge is -2.12. The van der Waals surface area contributed by atoms with Crippen LogP contribution in [-0.2, 0) is 0 Å². The van der Waals surface area contributed by atoms with Crippen molar-refractivity contribution in [2.24, 2.45) is 0 Å². The van der Waals surface area contributed by atoms with E-state index in [0.717, 1.165) is 23.8 Å². The van der Waals surface area contributed by atoms with Crippen LogP contribution in [0.5, 0.6) is 0 Å². The molecule has 20 heavy (non-hydrogen) atoms. The highest BCUT2D eigenvalue weighted by Gasteiger charge is 2.12. The molecular weight excluding hydrogens is 248 g/mol. The predicted octanol–water partition coefficient (Wildman–Crippen LogP) is 4.94. The van der Waals surface area contributed by atoms with Gasteiger partial charge in [0.25, 0.3) is 0 Å². The summed E-state index contributed by atoms with van der Waals surface area (Å²) < 4.78 is 5.44. The van der Waals surface area contributed by atoms with Gasteiger partial charge in [-0.3, -0.25) is 0 Å². The third-order valence-corrected chi connectivity index (χ3v) is 3.33. The fourth-order valence-electron chi connectivity index (χ4n) is 2.36. The van der Waals surface area contributed by atoms with Gasteiger partial charge in [-0.1, -0.05) is 44.2 Å². The molecule has 2 heteroatoms. The standard InChI is InChI=1S/C16H14O2.C2H6/c1-11-6-2-4-8-13(11)15-10-12-7-3-5-9-14(12)16(17)18-15;1-2/h3,5-10H,2,4H2,1H3;1-2H3. The minimum Gasteiger partial charge on any atom is -0.422 e. The molecule has 0 N–H and O–H groups in total. The second kappa shape index (κ2) is 6.38. The molecule has 2 nitrogen and oxygen atoms in total. The molecule has 1 aromatic heterocycles. The van der Waals surface area contributed by atoms with Gasteiger partial charge in [0.05, 0.1) is 5.39 Å². The van der Waals surface area contributed by atoms with Gasteiger partial charge in [-0.2, -0.15) is 0 Å². The molecule has 104 valence electrons. The molecule has 0 amide bonds. The first-order chi connectivity index (χ1) is 9.75. The molecule has 1 aliphatic carbocycles. The first-order valence-electron chi connectivity index (χ1n) is 7.16. The zero-order valence-corrected chi connectivity index (χ0v) is 12.3. The Kier molecular flexibility index (Phi) is 4.57. The van der Waals surface area contributed by atoms with Crippen molar-refractivity contribution >= 4 is 16.3 Å². The summed E-state index contributed by atoms with van der Waals surface area (Å²) in [6.07, 6.45) is 6.39. The third kappa shape index (κ3) is 2.74. The number of hydrogen-bond acceptors (Lipinski definition) is 2. The molecule has 0 unspecified atom stereocenters. The predicted molar refractivity (Wildman–Crippen MR) is 84.8 cm³/mol. The molecule has 0 saturated heterocycles. The minimum absolute atomic E-state index is 0.262. The number of hydrogen-bond donors (Lipinski definition) is 0. The van der Waals surface area contributed by atoms with E-state index in [1.807, 2.05) is 38.1 Å². The third-order valence-electron chi connectivity index (χ3n) is 3.33. The van der Waals surface area contributed by atoms with Crippen molar-refractivity contribution < 1.29 is 4.42 Å². The van der Waals surface area contributed by atoms with Crippen molar-refractivity contribution in [1.82, 2.24) is 0 Å². The summed E-state index contributed by atoms with van der Waals surface area (Å²) in [5.41, 5.74) is 1.96. The van der Waals surface area contributed by atoms with Gasteiger partial charge in [-0.25, -0.2) is 4.79 Å². The molecule has 2 aromatic rings. The summed E-state index contributed by atoms with van der Waals surface area (Å²) in [4.78, 5) is 11.9. The van der Waals surface area contributed by atoms with E-state index in [0.29, 0.717) is 11.1 Å². The van der Waals surface area contributed by atoms with Crippen LogP contribution in [-0.4, -0.2) is 0 Å². The fourth-order valence-corrected chi connectivity index (χ4v) is 2.36. The molecule has 1 aromatic carbocycles. The fraction of sp³-hybridized carbons (Fsp3) is 0.278. The Morgan fingerprint density at radius 2 is 1.75 bits per heavy atom. The Labute approximate surface area is 119 Å². The van der Waals surface area contributed by atoms with Gasteiger partial charge in [0, 0.05) is 5.57 Å². The van der Waals surface area contributed by atoms with E-state index in [-0.39, 0.29) is 5.63 Å². The molecule has 0 spiro atoms. The summed E-state index contributed by atoms with van der Waals surface area (Å²) in [6, 6.07) is 9.47. The van der Waals surface area contributed by atoms with Crippen LogP contribution in [0.4, 0.5) is 0 Å². The van der Waals surface area contributed by atoms with Crippen LogP contribution < -0.4 is 5.63 Å². The van der Waals surface area contributed by atoms with E-state index < -0.39 is 0 Å². The summed E-state index contributed by atoms with van der Waals surface area (Å²) in [7, 11) is 0. The van der Waals surface area contributed by atoms with E-state index in [2.05, 4.69) is 19.1 Å². The van der Waals surface area contributed by atoms with Crippen molar-refractivity contribution in [1.29, 1.82) is 0 Å². The van der Waals surface area contributed by atoms with Crippen LogP contribution in [0.2, 0.25) is 0 Å². The normalized spacial score (nSPS) is 14.2. The summed E-state index contributed by atoms with van der Waals surface area (Å²) in [6.45, 7) is 6.06. The zero-order valence-electron chi connectivity index (χ0n) is 12.3. The molecule has 0 fully saturated rings. The van der Waals surface area contributed by atoms with E-state index in [4.69, 9.17) is 4.42 Å². The van der Waals surface area contributed by atoms with Crippen LogP contribution in [0.25, 0.3) is 16.3 Å². The van der Waals surface area contributed by atoms with Crippen molar-refractivity contribution in [2.75, 3.05) is 0 Å². The molecule has 0 bridgehead atoms. The number of rotatable bonds is 1. The SMILES string of the molecule is CC.CC1=CCCC=C1c1cc2ccccc2c(=O)o1. The molecule has 0 saturated carbocycles. The van der Waals surface area contributed by atoms with Gasteiger partial charge in [0.1, 0.15) is 5.76 Å². The maximum Gasteiger partial charge on any atom is 0.344 e. The number of benzene rings is 1. The lowest BCUT2D eigenvalue weighted by atomic mass is 9.96. The zero-order chi connectivity index (χ0) is 14.5. The highest BCUT2D eigenvalue weighted by atomic mass is 16.4. The molecule has 1 heterocycles. The molecule has 0 radical (unpaired) electrons. The molecule has 0 atom stereocenters. The average Bonchev–Trinajstić information content (AvgIpc) is 2.50. The molecule has 0 aliphatic heterocycles. The minimum atomic E-state index is -0.262. The first kappa shape index (κ1) is 14.3. The Balaban J connectivity index is 0.000000704. The topological polar surface area (TPSA) is 30.2 Å². The lowest BCUT2D eigenvalue weighted by Crippen LogP contribution is -2.03. The highest BCUT2D eigenvalue weighted by Crippen LogP contribution is 2.28. The van der Waals surface area contributed by atoms with Crippen LogP contribution in [0, 0.1) is 0 Å². The van der Waals surface area contributed by atoms with Crippen LogP contribution >= 0.6 is 0 Å². The van der Waals surface area contributed by atoms with Gasteiger partial charge in [-0.15, -0.1) is 0 Å². The smallest absolute Gasteiger partial charge is 0.344 e. The van der Waals surface area contributed by atoms with E-state index in [1.54, 1.807) is 6.07 Å². The van der Waals surface area contributed by atoms with Gasteiger partial charge in [-0.05, 0) is 42.9 Å². The Morgan fingerprint density at radius 3 is 2.50 bits per heavy atom. The monoisotopic (exact) mass is 268 g/mol. The molecule has 3 rings (SSSR count). The summed E-state index contributed by atoms with van der Waals surface area (Å²) in [5.74, 6) is 0.673. The van der Waals surface area contributed by atoms with Gasteiger partial charge in [0.2, 0.25) is 0 Å². The molecule has 1 aliphatic rings. The van der Waals surface area contributed by atoms with E-state index in [9.17, 15) is 4.79 Å². The van der Waals surface area contributed by atoms with E-state index in [1.165, 1.54) is 5.57 Å². The Bertz CT molecular complexity index is 718. The first-order valence-corrected chi connectivity index (χ1v) is 7.16. The number of fused-ring (bicyclic) bond motifs is 1. The van der Waals surface area contributed by atoms with Gasteiger partial charge < -0.3 is 4.42 Å². The van der Waals surface area contributed by atoms with Crippen molar-refractivity contribution in [3.8, 4) is 0 Å². The highest BCUT2D eigenvalue weighted by molar-refractivity contribution is 5.86. The van der Waals surface area contributed by atoms with Crippen LogP contribution in [0.1, 0.15) is 39.4 Å².